The van der Waals surface area contributed by atoms with Crippen molar-refractivity contribution in [3.8, 4) is 0 Å². The van der Waals surface area contributed by atoms with E-state index in [1.54, 1.807) is 11.9 Å². The molecule has 0 saturated carbocycles. The lowest BCUT2D eigenvalue weighted by atomic mass is 9.80. The van der Waals surface area contributed by atoms with Crippen molar-refractivity contribution >= 4 is 29.0 Å². The molecule has 1 amide bonds. The Hall–Kier alpha value is -1.84. The Balaban J connectivity index is 2.20. The van der Waals surface area contributed by atoms with E-state index in [2.05, 4.69) is 9.88 Å². The highest BCUT2D eigenvalue weighted by atomic mass is 32.1. The van der Waals surface area contributed by atoms with Gasteiger partial charge in [-0.3, -0.25) is 14.5 Å². The summed E-state index contributed by atoms with van der Waals surface area (Å²) in [5.41, 5.74) is -0.615. The van der Waals surface area contributed by atoms with Crippen molar-refractivity contribution in [1.82, 2.24) is 14.8 Å². The number of aromatic carboxylic acids is 1. The first kappa shape index (κ1) is 28.4. The van der Waals surface area contributed by atoms with E-state index in [1.807, 2.05) is 41.7 Å². The number of aliphatic hydroxyl groups is 1. The zero-order valence-corrected chi connectivity index (χ0v) is 22.4. The zero-order chi connectivity index (χ0) is 25.8. The molecule has 0 aromatic carbocycles. The van der Waals surface area contributed by atoms with Crippen LogP contribution in [0.1, 0.15) is 88.3 Å². The van der Waals surface area contributed by atoms with Crippen molar-refractivity contribution in [3.05, 3.63) is 16.1 Å². The first-order valence-corrected chi connectivity index (χ1v) is 13.1. The highest BCUT2D eigenvalue weighted by Crippen LogP contribution is 2.34. The van der Waals surface area contributed by atoms with E-state index in [0.29, 0.717) is 5.01 Å². The smallest absolute Gasteiger partial charge is 0.355 e. The molecule has 0 aliphatic carbocycles. The fourth-order valence-corrected chi connectivity index (χ4v) is 5.65. The maximum Gasteiger partial charge on any atom is 0.355 e. The van der Waals surface area contributed by atoms with E-state index in [0.717, 1.165) is 37.1 Å². The second-order valence-electron chi connectivity index (χ2n) is 10.3. The number of ketones is 1. The number of nitrogens with zero attached hydrogens (tertiary/aromatic N) is 3. The van der Waals surface area contributed by atoms with Crippen LogP contribution >= 0.6 is 11.3 Å². The Morgan fingerprint density at radius 3 is 2.41 bits per heavy atom. The summed E-state index contributed by atoms with van der Waals surface area (Å²) >= 11 is 1.10. The number of thiazole rings is 1. The standard InChI is InChI=1S/C25H41N3O5S/c1-8-16(4)17(12-21(30)25(5)10-9-11-27(25)6)23(31)28(7)19(15(2)3)13-20(29)22-26-18(14-34-22)24(32)33/h14-17,19-20,29H,8-13H2,1-7H3,(H,32,33)/t16-,17-,19+,20+,25+/m0/s1. The molecule has 8 nitrogen and oxygen atoms in total. The second kappa shape index (κ2) is 11.7. The number of hydrogen-bond acceptors (Lipinski definition) is 7. The van der Waals surface area contributed by atoms with Crippen LogP contribution in [0.15, 0.2) is 5.38 Å². The van der Waals surface area contributed by atoms with Gasteiger partial charge in [-0.25, -0.2) is 9.78 Å². The van der Waals surface area contributed by atoms with Crippen molar-refractivity contribution in [2.45, 2.75) is 84.4 Å². The highest BCUT2D eigenvalue weighted by Gasteiger charge is 2.43. The second-order valence-corrected chi connectivity index (χ2v) is 11.2. The highest BCUT2D eigenvalue weighted by molar-refractivity contribution is 7.09. The minimum Gasteiger partial charge on any atom is -0.476 e. The van der Waals surface area contributed by atoms with E-state index in [4.69, 9.17) is 5.11 Å². The summed E-state index contributed by atoms with van der Waals surface area (Å²) in [6, 6.07) is -0.286. The van der Waals surface area contributed by atoms with Gasteiger partial charge in [0.05, 0.1) is 5.54 Å². The quantitative estimate of drug-likeness (QED) is 0.453. The molecule has 2 heterocycles. The van der Waals surface area contributed by atoms with E-state index in [9.17, 15) is 19.5 Å². The first-order chi connectivity index (χ1) is 15.8. The summed E-state index contributed by atoms with van der Waals surface area (Å²) < 4.78 is 0. The number of amides is 1. The summed E-state index contributed by atoms with van der Waals surface area (Å²) in [6.45, 7) is 10.9. The van der Waals surface area contributed by atoms with E-state index in [-0.39, 0.29) is 48.1 Å². The molecule has 1 aliphatic heterocycles. The predicted octanol–water partition coefficient (Wildman–Crippen LogP) is 3.85. The number of carbonyl (C=O) groups excluding carboxylic acids is 2. The summed E-state index contributed by atoms with van der Waals surface area (Å²) in [6.07, 6.45) is 2.06. The van der Waals surface area contributed by atoms with Gasteiger partial charge in [0, 0.05) is 37.2 Å². The number of carboxylic acid groups (broad SMARTS) is 1. The van der Waals surface area contributed by atoms with Gasteiger partial charge in [-0.05, 0) is 45.2 Å². The van der Waals surface area contributed by atoms with Crippen LogP contribution in [0.25, 0.3) is 0 Å². The normalized spacial score (nSPS) is 22.4. The molecular formula is C25H41N3O5S. The lowest BCUT2D eigenvalue weighted by Gasteiger charge is -2.37. The SMILES string of the molecule is CC[C@H](C)[C@H](CC(=O)[C@@]1(C)CCCN1C)C(=O)N(C)[C@H](C[C@@H](O)c1nc(C(=O)O)cs1)C(C)C. The van der Waals surface area contributed by atoms with Crippen LogP contribution in [0.4, 0.5) is 0 Å². The van der Waals surface area contributed by atoms with Crippen molar-refractivity contribution in [1.29, 1.82) is 0 Å². The monoisotopic (exact) mass is 495 g/mol. The van der Waals surface area contributed by atoms with E-state index < -0.39 is 23.5 Å². The molecule has 192 valence electrons. The number of carboxylic acids is 1. The summed E-state index contributed by atoms with van der Waals surface area (Å²) in [5, 5.41) is 21.6. The summed E-state index contributed by atoms with van der Waals surface area (Å²) in [5.74, 6) is -1.43. The molecule has 1 saturated heterocycles. The number of aromatic nitrogens is 1. The molecule has 1 aliphatic rings. The van der Waals surface area contributed by atoms with Crippen molar-refractivity contribution < 1.29 is 24.6 Å². The van der Waals surface area contributed by atoms with E-state index in [1.165, 1.54) is 5.38 Å². The van der Waals surface area contributed by atoms with Crippen molar-refractivity contribution in [2.24, 2.45) is 17.8 Å². The van der Waals surface area contributed by atoms with Crippen molar-refractivity contribution in [2.75, 3.05) is 20.6 Å². The topological polar surface area (TPSA) is 111 Å². The molecular weight excluding hydrogens is 454 g/mol. The predicted molar refractivity (Wildman–Crippen MR) is 133 cm³/mol. The largest absolute Gasteiger partial charge is 0.476 e. The fourth-order valence-electron chi connectivity index (χ4n) is 4.86. The van der Waals surface area contributed by atoms with Crippen molar-refractivity contribution in [3.63, 3.8) is 0 Å². The van der Waals surface area contributed by atoms with Gasteiger partial charge in [0.1, 0.15) is 11.1 Å². The van der Waals surface area contributed by atoms with Crippen LogP contribution in [-0.4, -0.2) is 74.9 Å². The van der Waals surface area contributed by atoms with Crippen LogP contribution in [-0.2, 0) is 9.59 Å². The van der Waals surface area contributed by atoms with E-state index >= 15 is 0 Å². The maximum atomic E-state index is 13.7. The number of likely N-dealkylation sites (N-methyl/N-ethyl adjacent to an activating group) is 1. The lowest BCUT2D eigenvalue weighted by molar-refractivity contribution is -0.143. The van der Waals surface area contributed by atoms with Gasteiger partial charge < -0.3 is 15.1 Å². The van der Waals surface area contributed by atoms with Crippen LogP contribution in [0, 0.1) is 17.8 Å². The Morgan fingerprint density at radius 2 is 1.94 bits per heavy atom. The number of rotatable bonds is 12. The minimum atomic E-state index is -1.13. The number of carbonyl (C=O) groups is 3. The van der Waals surface area contributed by atoms with Gasteiger partial charge in [0.15, 0.2) is 11.5 Å². The van der Waals surface area contributed by atoms with Gasteiger partial charge in [0.2, 0.25) is 5.91 Å². The van der Waals surface area contributed by atoms with Crippen LogP contribution in [0.5, 0.6) is 0 Å². The Bertz CT molecular complexity index is 872. The molecule has 9 heteroatoms. The molecule has 2 rings (SSSR count). The molecule has 1 aromatic heterocycles. The molecule has 0 bridgehead atoms. The van der Waals surface area contributed by atoms with Gasteiger partial charge in [-0.15, -0.1) is 11.3 Å². The Morgan fingerprint density at radius 1 is 1.29 bits per heavy atom. The number of hydrogen-bond donors (Lipinski definition) is 2. The molecule has 0 radical (unpaired) electrons. The molecule has 5 atom stereocenters. The average molecular weight is 496 g/mol. The number of Topliss-reactive ketones (excluding diaryl/α,β-unsaturated/α-hetero) is 1. The molecule has 34 heavy (non-hydrogen) atoms. The molecule has 1 fully saturated rings. The summed E-state index contributed by atoms with van der Waals surface area (Å²) in [4.78, 5) is 46.0. The Kier molecular flexibility index (Phi) is 9.80. The van der Waals surface area contributed by atoms with Crippen LogP contribution in [0.2, 0.25) is 0 Å². The molecule has 1 aromatic rings. The number of aliphatic hydroxyl groups excluding tert-OH is 1. The minimum absolute atomic E-state index is 0.0454. The third kappa shape index (κ3) is 6.23. The van der Waals surface area contributed by atoms with Gasteiger partial charge in [-0.1, -0.05) is 34.1 Å². The van der Waals surface area contributed by atoms with Gasteiger partial charge in [-0.2, -0.15) is 0 Å². The zero-order valence-electron chi connectivity index (χ0n) is 21.6. The molecule has 0 spiro atoms. The fraction of sp³-hybridized carbons (Fsp3) is 0.760. The average Bonchev–Trinajstić information content (AvgIpc) is 3.41. The summed E-state index contributed by atoms with van der Waals surface area (Å²) in [7, 11) is 3.72. The molecule has 0 unspecified atom stereocenters. The Labute approximate surface area is 207 Å². The number of likely N-dealkylation sites (tertiary alicyclic amines) is 1. The third-order valence-corrected chi connectivity index (χ3v) is 8.71. The molecule has 2 N–H and O–H groups in total. The lowest BCUT2D eigenvalue weighted by Crippen LogP contribution is -2.50. The van der Waals surface area contributed by atoms with Gasteiger partial charge >= 0.3 is 5.97 Å². The third-order valence-electron chi connectivity index (χ3n) is 7.76. The first-order valence-electron chi connectivity index (χ1n) is 12.2. The van der Waals surface area contributed by atoms with Crippen LogP contribution < -0.4 is 0 Å². The van der Waals surface area contributed by atoms with Crippen LogP contribution in [0.3, 0.4) is 0 Å². The van der Waals surface area contributed by atoms with Gasteiger partial charge in [0.25, 0.3) is 0 Å². The maximum absolute atomic E-state index is 13.7.